The lowest BCUT2D eigenvalue weighted by Gasteiger charge is -2.47. The van der Waals surface area contributed by atoms with E-state index in [1.54, 1.807) is 24.3 Å². The smallest absolute Gasteiger partial charge is 0.304 e. The van der Waals surface area contributed by atoms with Crippen molar-refractivity contribution in [3.05, 3.63) is 30.3 Å². The number of hydrogen-bond acceptors (Lipinski definition) is 11. The number of carbonyl (C=O) groups is 5. The highest BCUT2D eigenvalue weighted by Gasteiger charge is 2.73. The van der Waals surface area contributed by atoms with Crippen molar-refractivity contribution in [2.45, 2.75) is 51.1 Å². The fraction of sp³-hybridized carbons (Fsp3) is 0.409. The normalized spacial score (nSPS) is 16.7. The van der Waals surface area contributed by atoms with Gasteiger partial charge in [0, 0.05) is 18.5 Å². The van der Waals surface area contributed by atoms with Crippen LogP contribution in [0, 0.1) is 0 Å². The first kappa shape index (κ1) is 26.3. The summed E-state index contributed by atoms with van der Waals surface area (Å²) in [7, 11) is 0. The maximum atomic E-state index is 13.1. The van der Waals surface area contributed by atoms with Crippen molar-refractivity contribution in [1.29, 1.82) is 0 Å². The SMILES string of the molecule is CC(=O)O[C@@](C(C)=O)(C(=O)C(C)=O)C(Oc1cc2ccccc2s1)(C(C)=O)C(O)C(O)CO. The molecule has 0 amide bonds. The Balaban J connectivity index is 2.98. The van der Waals surface area contributed by atoms with Crippen LogP contribution in [0.15, 0.2) is 30.3 Å². The number of fused-ring (bicyclic) bond motifs is 1. The van der Waals surface area contributed by atoms with E-state index in [0.717, 1.165) is 39.0 Å². The van der Waals surface area contributed by atoms with Crippen molar-refractivity contribution in [1.82, 2.24) is 0 Å². The quantitative estimate of drug-likeness (QED) is 0.232. The Kier molecular flexibility index (Phi) is 7.86. The molecule has 11 heteroatoms. The van der Waals surface area contributed by atoms with Gasteiger partial charge in [-0.25, -0.2) is 0 Å². The number of aliphatic hydroxyl groups excluding tert-OH is 3. The molecule has 1 heterocycles. The van der Waals surface area contributed by atoms with E-state index in [4.69, 9.17) is 9.47 Å². The molecule has 0 aliphatic rings. The number of hydrogen-bond donors (Lipinski definition) is 3. The molecule has 10 nitrogen and oxygen atoms in total. The number of thiophene rings is 1. The van der Waals surface area contributed by atoms with Crippen LogP contribution in [0.25, 0.3) is 10.1 Å². The molecule has 1 aromatic carbocycles. The van der Waals surface area contributed by atoms with E-state index >= 15 is 0 Å². The molecular weight excluding hydrogens is 456 g/mol. The van der Waals surface area contributed by atoms with Gasteiger partial charge in [0.1, 0.15) is 12.2 Å². The molecule has 2 rings (SSSR count). The molecule has 33 heavy (non-hydrogen) atoms. The molecule has 2 aromatic rings. The summed E-state index contributed by atoms with van der Waals surface area (Å²) in [5, 5.41) is 31.3. The molecule has 0 aliphatic carbocycles. The summed E-state index contributed by atoms with van der Waals surface area (Å²) in [6.45, 7) is 2.09. The van der Waals surface area contributed by atoms with Crippen molar-refractivity contribution >= 4 is 50.5 Å². The van der Waals surface area contributed by atoms with Gasteiger partial charge in [-0.15, -0.1) is 0 Å². The molecule has 0 fully saturated rings. The number of Topliss-reactive ketones (excluding diaryl/α,β-unsaturated/α-hetero) is 4. The van der Waals surface area contributed by atoms with Crippen molar-refractivity contribution in [2.75, 3.05) is 6.61 Å². The third kappa shape index (κ3) is 4.44. The Labute approximate surface area is 192 Å². The molecule has 0 saturated carbocycles. The number of ketones is 4. The van der Waals surface area contributed by atoms with Gasteiger partial charge in [0.2, 0.25) is 5.60 Å². The summed E-state index contributed by atoms with van der Waals surface area (Å²) in [5.74, 6) is -6.69. The van der Waals surface area contributed by atoms with E-state index < -0.39 is 59.1 Å². The fourth-order valence-electron chi connectivity index (χ4n) is 3.65. The predicted octanol–water partition coefficient (Wildman–Crippen LogP) is 0.371. The van der Waals surface area contributed by atoms with Crippen LogP contribution in [0.5, 0.6) is 5.06 Å². The van der Waals surface area contributed by atoms with E-state index in [1.807, 2.05) is 0 Å². The maximum Gasteiger partial charge on any atom is 0.304 e. The van der Waals surface area contributed by atoms with Crippen LogP contribution >= 0.6 is 11.3 Å². The minimum Gasteiger partial charge on any atom is -0.462 e. The first-order valence-corrected chi connectivity index (χ1v) is 10.6. The Morgan fingerprint density at radius 1 is 1.00 bits per heavy atom. The first-order valence-electron chi connectivity index (χ1n) is 9.76. The van der Waals surface area contributed by atoms with Crippen LogP contribution in [0.1, 0.15) is 27.7 Å². The van der Waals surface area contributed by atoms with Gasteiger partial charge < -0.3 is 24.8 Å². The van der Waals surface area contributed by atoms with E-state index in [-0.39, 0.29) is 5.06 Å². The highest BCUT2D eigenvalue weighted by atomic mass is 32.1. The number of benzene rings is 1. The molecule has 0 aliphatic heterocycles. The Hall–Kier alpha value is -2.99. The maximum absolute atomic E-state index is 13.1. The largest absolute Gasteiger partial charge is 0.462 e. The summed E-state index contributed by atoms with van der Waals surface area (Å²) in [6.07, 6.45) is -4.60. The van der Waals surface area contributed by atoms with E-state index in [2.05, 4.69) is 0 Å². The summed E-state index contributed by atoms with van der Waals surface area (Å²) in [6, 6.07) is 8.31. The van der Waals surface area contributed by atoms with Gasteiger partial charge in [-0.2, -0.15) is 0 Å². The van der Waals surface area contributed by atoms with Gasteiger partial charge >= 0.3 is 5.97 Å². The minimum atomic E-state index is -3.29. The van der Waals surface area contributed by atoms with Crippen molar-refractivity contribution in [3.8, 4) is 5.06 Å². The van der Waals surface area contributed by atoms with Gasteiger partial charge in [-0.1, -0.05) is 29.5 Å². The standard InChI is InChI=1S/C22H24O10S/c1-11(24)19(29)21(12(2)25,31-14(4)27)22(13(3)26,20(30)16(28)10-23)32-18-9-15-7-5-6-8-17(15)33-18/h5-9,16,20,23,28,30H,10H2,1-4H3/t16?,20?,21-,22?/m0/s1. The van der Waals surface area contributed by atoms with Gasteiger partial charge in [0.05, 0.1) is 6.61 Å². The second-order valence-electron chi connectivity index (χ2n) is 7.41. The highest BCUT2D eigenvalue weighted by molar-refractivity contribution is 7.20. The average molecular weight is 480 g/mol. The topological polar surface area (TPSA) is 164 Å². The van der Waals surface area contributed by atoms with Crippen LogP contribution in [0.2, 0.25) is 0 Å². The second-order valence-corrected chi connectivity index (χ2v) is 8.45. The third-order valence-electron chi connectivity index (χ3n) is 5.11. The van der Waals surface area contributed by atoms with E-state index in [1.165, 1.54) is 6.07 Å². The molecule has 178 valence electrons. The zero-order valence-electron chi connectivity index (χ0n) is 18.4. The lowest BCUT2D eigenvalue weighted by molar-refractivity contribution is -0.219. The molecule has 4 atom stereocenters. The fourth-order valence-corrected chi connectivity index (χ4v) is 4.62. The summed E-state index contributed by atoms with van der Waals surface area (Å²) in [5.41, 5.74) is -6.40. The van der Waals surface area contributed by atoms with E-state index in [0.29, 0.717) is 10.1 Å². The highest BCUT2D eigenvalue weighted by Crippen LogP contribution is 2.42. The van der Waals surface area contributed by atoms with Gasteiger partial charge in [0.15, 0.2) is 22.4 Å². The molecular formula is C22H24O10S. The molecule has 0 saturated heterocycles. The van der Waals surface area contributed by atoms with Crippen LogP contribution < -0.4 is 4.74 Å². The molecule has 0 spiro atoms. The molecule has 0 bridgehead atoms. The van der Waals surface area contributed by atoms with Crippen molar-refractivity contribution in [3.63, 3.8) is 0 Å². The first-order chi connectivity index (χ1) is 15.3. The number of esters is 1. The van der Waals surface area contributed by atoms with Gasteiger partial charge in [0.25, 0.3) is 11.4 Å². The predicted molar refractivity (Wildman–Crippen MR) is 116 cm³/mol. The molecule has 3 N–H and O–H groups in total. The zero-order chi connectivity index (χ0) is 25.1. The lowest BCUT2D eigenvalue weighted by Crippen LogP contribution is -2.78. The zero-order valence-corrected chi connectivity index (χ0v) is 19.2. The van der Waals surface area contributed by atoms with Crippen molar-refractivity contribution in [2.24, 2.45) is 0 Å². The summed E-state index contributed by atoms with van der Waals surface area (Å²) < 4.78 is 11.5. The monoisotopic (exact) mass is 480 g/mol. The Morgan fingerprint density at radius 2 is 1.61 bits per heavy atom. The second kappa shape index (κ2) is 9.87. The van der Waals surface area contributed by atoms with Gasteiger partial charge in [-0.05, 0) is 31.4 Å². The van der Waals surface area contributed by atoms with E-state index in [9.17, 15) is 39.3 Å². The Bertz CT molecular complexity index is 1070. The van der Waals surface area contributed by atoms with Crippen LogP contribution in [-0.4, -0.2) is 74.4 Å². The average Bonchev–Trinajstić information content (AvgIpc) is 3.16. The number of carbonyl (C=O) groups excluding carboxylic acids is 5. The van der Waals surface area contributed by atoms with Crippen LogP contribution in [-0.2, 0) is 28.7 Å². The Morgan fingerprint density at radius 3 is 2.06 bits per heavy atom. The lowest BCUT2D eigenvalue weighted by atomic mass is 9.68. The molecule has 1 aromatic heterocycles. The summed E-state index contributed by atoms with van der Waals surface area (Å²) >= 11 is 0.967. The van der Waals surface area contributed by atoms with Crippen molar-refractivity contribution < 1.29 is 48.8 Å². The molecule has 0 radical (unpaired) electrons. The number of ether oxygens (including phenoxy) is 2. The number of rotatable bonds is 11. The number of aliphatic hydroxyl groups is 3. The minimum absolute atomic E-state index is 0.0929. The van der Waals surface area contributed by atoms with Crippen LogP contribution in [0.3, 0.4) is 0 Å². The van der Waals surface area contributed by atoms with Crippen LogP contribution in [0.4, 0.5) is 0 Å². The summed E-state index contributed by atoms with van der Waals surface area (Å²) in [4.78, 5) is 63.4. The third-order valence-corrected chi connectivity index (χ3v) is 6.10. The molecule has 3 unspecified atom stereocenters. The van der Waals surface area contributed by atoms with Gasteiger partial charge in [-0.3, -0.25) is 24.0 Å².